The molecular weight excluding hydrogens is 205 g/mol. The van der Waals surface area contributed by atoms with Gasteiger partial charge in [-0.2, -0.15) is 0 Å². The number of benzene rings is 1. The smallest absolute Gasteiger partial charge is 0.303 e. The van der Waals surface area contributed by atoms with Crippen LogP contribution in [0.3, 0.4) is 0 Å². The van der Waals surface area contributed by atoms with Crippen molar-refractivity contribution >= 4 is 11.7 Å². The molecule has 1 aromatic carbocycles. The van der Waals surface area contributed by atoms with Gasteiger partial charge in [0.05, 0.1) is 10.5 Å². The molecule has 0 fully saturated rings. The first kappa shape index (κ1) is 11.1. The Labute approximate surface area is 84.3 Å². The van der Waals surface area contributed by atoms with Gasteiger partial charge in [-0.15, -0.1) is 0 Å². The predicted octanol–water partition coefficient (Wildman–Crippen LogP) is 1.75. The van der Waals surface area contributed by atoms with Crippen molar-refractivity contribution in [1.29, 1.82) is 0 Å². The van der Waals surface area contributed by atoms with Crippen LogP contribution >= 0.6 is 0 Å². The Hall–Kier alpha value is -1.98. The van der Waals surface area contributed by atoms with Crippen molar-refractivity contribution in [2.45, 2.75) is 12.8 Å². The number of rotatable bonds is 4. The van der Waals surface area contributed by atoms with Crippen molar-refractivity contribution in [3.8, 4) is 0 Å². The molecule has 0 aliphatic carbocycles. The molecule has 80 valence electrons. The molecule has 0 amide bonds. The van der Waals surface area contributed by atoms with Gasteiger partial charge in [-0.3, -0.25) is 14.9 Å². The first-order valence-corrected chi connectivity index (χ1v) is 4.16. The monoisotopic (exact) mass is 213 g/mol. The SMILES string of the molecule is O=C(O)CCc1c(F)cccc1[N+](=O)[O-]. The molecule has 0 aliphatic heterocycles. The normalized spacial score (nSPS) is 9.93. The standard InChI is InChI=1S/C9H8FNO4/c10-7-2-1-3-8(11(14)15)6(7)4-5-9(12)13/h1-3H,4-5H2,(H,12,13). The molecule has 0 aliphatic rings. The number of carboxylic acids is 1. The number of hydrogen-bond donors (Lipinski definition) is 1. The van der Waals surface area contributed by atoms with Gasteiger partial charge in [0.15, 0.2) is 0 Å². The lowest BCUT2D eigenvalue weighted by atomic mass is 10.1. The van der Waals surface area contributed by atoms with Gasteiger partial charge in [0.2, 0.25) is 0 Å². The first-order chi connectivity index (χ1) is 7.02. The average molecular weight is 213 g/mol. The summed E-state index contributed by atoms with van der Waals surface area (Å²) >= 11 is 0. The molecule has 0 bridgehead atoms. The molecule has 1 rings (SSSR count). The van der Waals surface area contributed by atoms with Crippen molar-refractivity contribution < 1.29 is 19.2 Å². The van der Waals surface area contributed by atoms with E-state index in [-0.39, 0.29) is 24.1 Å². The molecule has 6 heteroatoms. The van der Waals surface area contributed by atoms with Crippen LogP contribution in [0, 0.1) is 15.9 Å². The molecule has 0 heterocycles. The van der Waals surface area contributed by atoms with E-state index in [0.29, 0.717) is 0 Å². The Morgan fingerprint density at radius 1 is 1.53 bits per heavy atom. The zero-order valence-electron chi connectivity index (χ0n) is 7.64. The Bertz CT molecular complexity index is 405. The lowest BCUT2D eigenvalue weighted by molar-refractivity contribution is -0.385. The van der Waals surface area contributed by atoms with Gasteiger partial charge < -0.3 is 5.11 Å². The summed E-state index contributed by atoms with van der Waals surface area (Å²) in [5.74, 6) is -1.86. The van der Waals surface area contributed by atoms with Gasteiger partial charge >= 0.3 is 5.97 Å². The van der Waals surface area contributed by atoms with Crippen LogP contribution in [0.2, 0.25) is 0 Å². The molecule has 0 spiro atoms. The Kier molecular flexibility index (Phi) is 3.33. The third kappa shape index (κ3) is 2.73. The topological polar surface area (TPSA) is 80.4 Å². The first-order valence-electron chi connectivity index (χ1n) is 4.16. The van der Waals surface area contributed by atoms with Crippen molar-refractivity contribution in [3.63, 3.8) is 0 Å². The molecular formula is C9H8FNO4. The van der Waals surface area contributed by atoms with Crippen LogP contribution in [0.1, 0.15) is 12.0 Å². The van der Waals surface area contributed by atoms with Crippen molar-refractivity contribution in [2.24, 2.45) is 0 Å². The van der Waals surface area contributed by atoms with Gasteiger partial charge in [-0.1, -0.05) is 6.07 Å². The maximum absolute atomic E-state index is 13.2. The molecule has 0 saturated heterocycles. The van der Waals surface area contributed by atoms with Crippen LogP contribution in [-0.4, -0.2) is 16.0 Å². The highest BCUT2D eigenvalue weighted by Gasteiger charge is 2.17. The summed E-state index contributed by atoms with van der Waals surface area (Å²) in [4.78, 5) is 20.1. The minimum Gasteiger partial charge on any atom is -0.481 e. The van der Waals surface area contributed by atoms with E-state index >= 15 is 0 Å². The number of nitro groups is 1. The zero-order valence-corrected chi connectivity index (χ0v) is 7.64. The van der Waals surface area contributed by atoms with E-state index in [4.69, 9.17) is 5.11 Å². The second-order valence-corrected chi connectivity index (χ2v) is 2.89. The summed E-state index contributed by atoms with van der Waals surface area (Å²) in [7, 11) is 0. The van der Waals surface area contributed by atoms with Crippen LogP contribution in [0.15, 0.2) is 18.2 Å². The molecule has 1 aromatic rings. The molecule has 0 aromatic heterocycles. The largest absolute Gasteiger partial charge is 0.481 e. The lowest BCUT2D eigenvalue weighted by Gasteiger charge is -2.01. The van der Waals surface area contributed by atoms with Crippen LogP contribution in [0.5, 0.6) is 0 Å². The van der Waals surface area contributed by atoms with Crippen LogP contribution in [0.4, 0.5) is 10.1 Å². The fourth-order valence-corrected chi connectivity index (χ4v) is 1.20. The molecule has 0 atom stereocenters. The second kappa shape index (κ2) is 4.50. The zero-order chi connectivity index (χ0) is 11.4. The number of nitrogens with zero attached hydrogens (tertiary/aromatic N) is 1. The minimum atomic E-state index is -1.12. The van der Waals surface area contributed by atoms with E-state index in [2.05, 4.69) is 0 Å². The summed E-state index contributed by atoms with van der Waals surface area (Å²) < 4.78 is 13.2. The fraction of sp³-hybridized carbons (Fsp3) is 0.222. The van der Waals surface area contributed by atoms with Gasteiger partial charge in [-0.25, -0.2) is 4.39 Å². The number of halogens is 1. The number of aliphatic carboxylic acids is 1. The Morgan fingerprint density at radius 2 is 2.20 bits per heavy atom. The van der Waals surface area contributed by atoms with Gasteiger partial charge in [0.1, 0.15) is 5.82 Å². The fourth-order valence-electron chi connectivity index (χ4n) is 1.20. The highest BCUT2D eigenvalue weighted by Crippen LogP contribution is 2.22. The highest BCUT2D eigenvalue weighted by molar-refractivity contribution is 5.67. The van der Waals surface area contributed by atoms with Crippen LogP contribution in [0.25, 0.3) is 0 Å². The average Bonchev–Trinajstić information content (AvgIpc) is 2.15. The number of carboxylic acid groups (broad SMARTS) is 1. The summed E-state index contributed by atoms with van der Waals surface area (Å²) in [6.07, 6.45) is -0.514. The van der Waals surface area contributed by atoms with E-state index in [1.54, 1.807) is 0 Å². The van der Waals surface area contributed by atoms with Gasteiger partial charge in [0, 0.05) is 12.5 Å². The van der Waals surface area contributed by atoms with Gasteiger partial charge in [-0.05, 0) is 12.5 Å². The molecule has 5 nitrogen and oxygen atoms in total. The summed E-state index contributed by atoms with van der Waals surface area (Å²) in [5, 5.41) is 18.9. The third-order valence-electron chi connectivity index (χ3n) is 1.88. The molecule has 1 N–H and O–H groups in total. The Balaban J connectivity index is 3.02. The lowest BCUT2D eigenvalue weighted by Crippen LogP contribution is -2.03. The van der Waals surface area contributed by atoms with Crippen molar-refractivity contribution in [1.82, 2.24) is 0 Å². The molecule has 15 heavy (non-hydrogen) atoms. The van der Waals surface area contributed by atoms with Crippen molar-refractivity contribution in [2.75, 3.05) is 0 Å². The number of hydrogen-bond acceptors (Lipinski definition) is 3. The third-order valence-corrected chi connectivity index (χ3v) is 1.88. The second-order valence-electron chi connectivity index (χ2n) is 2.89. The van der Waals surface area contributed by atoms with Gasteiger partial charge in [0.25, 0.3) is 5.69 Å². The van der Waals surface area contributed by atoms with Crippen LogP contribution in [-0.2, 0) is 11.2 Å². The van der Waals surface area contributed by atoms with Crippen LogP contribution < -0.4 is 0 Å². The van der Waals surface area contributed by atoms with E-state index < -0.39 is 16.7 Å². The maximum Gasteiger partial charge on any atom is 0.303 e. The summed E-state index contributed by atoms with van der Waals surface area (Å²) in [5.41, 5.74) is -0.541. The van der Waals surface area contributed by atoms with Crippen molar-refractivity contribution in [3.05, 3.63) is 39.7 Å². The number of nitro benzene ring substituents is 1. The maximum atomic E-state index is 13.2. The summed E-state index contributed by atoms with van der Waals surface area (Å²) in [6, 6.07) is 3.45. The minimum absolute atomic E-state index is 0.162. The molecule has 0 saturated carbocycles. The molecule has 0 unspecified atom stereocenters. The summed E-state index contributed by atoms with van der Waals surface area (Å²) in [6.45, 7) is 0. The van der Waals surface area contributed by atoms with E-state index in [0.717, 1.165) is 12.1 Å². The highest BCUT2D eigenvalue weighted by atomic mass is 19.1. The quantitative estimate of drug-likeness (QED) is 0.610. The molecule has 0 radical (unpaired) electrons. The van der Waals surface area contributed by atoms with E-state index in [9.17, 15) is 19.3 Å². The Morgan fingerprint density at radius 3 is 2.73 bits per heavy atom. The number of carbonyl (C=O) groups is 1. The van der Waals surface area contributed by atoms with E-state index in [1.807, 2.05) is 0 Å². The van der Waals surface area contributed by atoms with E-state index in [1.165, 1.54) is 6.07 Å². The predicted molar refractivity (Wildman–Crippen MR) is 49.0 cm³/mol.